The van der Waals surface area contributed by atoms with Crippen LogP contribution in [0.3, 0.4) is 0 Å². The second kappa shape index (κ2) is 9.01. The lowest BCUT2D eigenvalue weighted by molar-refractivity contribution is -0.320. The van der Waals surface area contributed by atoms with Gasteiger partial charge in [0.05, 0.1) is 19.3 Å². The predicted molar refractivity (Wildman–Crippen MR) is 125 cm³/mol. The zero-order valence-corrected chi connectivity index (χ0v) is 24.1. The van der Waals surface area contributed by atoms with Crippen molar-refractivity contribution in [1.29, 1.82) is 0 Å². The molecule has 1 rings (SSSR count). The van der Waals surface area contributed by atoms with Crippen LogP contribution in [0, 0.1) is 0 Å². The second-order valence-electron chi connectivity index (χ2n) is 11.7. The Morgan fingerprint density at radius 3 is 1.61 bits per heavy atom. The van der Waals surface area contributed by atoms with Gasteiger partial charge in [-0.05, 0) is 78.6 Å². The van der Waals surface area contributed by atoms with Crippen molar-refractivity contribution in [1.82, 2.24) is 0 Å². The highest BCUT2D eigenvalue weighted by molar-refractivity contribution is 6.71. The molecule has 1 unspecified atom stereocenters. The summed E-state index contributed by atoms with van der Waals surface area (Å²) in [6, 6.07) is 0. The summed E-state index contributed by atoms with van der Waals surface area (Å²) in [5, 5.41) is 11.5. The van der Waals surface area contributed by atoms with E-state index in [-0.39, 0.29) is 25.4 Å². The molecule has 0 radical (unpaired) electrons. The van der Waals surface area contributed by atoms with Gasteiger partial charge in [-0.2, -0.15) is 0 Å². The maximum atomic E-state index is 11.5. The fraction of sp³-hybridized carbons (Fsp3) is 1.00. The van der Waals surface area contributed by atoms with E-state index in [9.17, 15) is 5.11 Å². The van der Waals surface area contributed by atoms with E-state index in [2.05, 4.69) is 78.6 Å². The third-order valence-corrected chi connectivity index (χ3v) is 7.75. The first-order valence-corrected chi connectivity index (χ1v) is 23.9. The van der Waals surface area contributed by atoms with Crippen LogP contribution in [0.25, 0.3) is 0 Å². The van der Waals surface area contributed by atoms with E-state index in [1.54, 1.807) is 0 Å². The molecule has 4 atom stereocenters. The number of ether oxygens (including phenoxy) is 1. The molecule has 1 aliphatic rings. The highest BCUT2D eigenvalue weighted by atomic mass is 28.4. The maximum absolute atomic E-state index is 11.5. The van der Waals surface area contributed by atoms with Crippen molar-refractivity contribution < 1.29 is 27.5 Å². The summed E-state index contributed by atoms with van der Waals surface area (Å²) in [5.74, 6) is -1.54. The zero-order valence-electron chi connectivity index (χ0n) is 20.1. The van der Waals surface area contributed by atoms with E-state index in [0.29, 0.717) is 0 Å². The Morgan fingerprint density at radius 1 is 0.750 bits per heavy atom. The van der Waals surface area contributed by atoms with Crippen LogP contribution < -0.4 is 0 Å². The van der Waals surface area contributed by atoms with Gasteiger partial charge in [0, 0.05) is 0 Å². The molecule has 1 heterocycles. The molecule has 0 aliphatic carbocycles. The fourth-order valence-corrected chi connectivity index (χ4v) is 6.86. The zero-order chi connectivity index (χ0) is 22.2. The molecule has 10 heteroatoms. The van der Waals surface area contributed by atoms with Crippen LogP contribution in [0.1, 0.15) is 0 Å². The van der Waals surface area contributed by atoms with Gasteiger partial charge >= 0.3 is 0 Å². The largest absolute Gasteiger partial charge is 0.412 e. The smallest absolute Gasteiger partial charge is 0.216 e. The maximum Gasteiger partial charge on any atom is 0.216 e. The van der Waals surface area contributed by atoms with Gasteiger partial charge in [0.1, 0.15) is 12.2 Å². The van der Waals surface area contributed by atoms with Crippen molar-refractivity contribution >= 4 is 33.3 Å². The molecule has 0 amide bonds. The minimum atomic E-state index is -2.01. The molecule has 1 fully saturated rings. The average Bonchev–Trinajstić information content (AvgIpc) is 2.40. The van der Waals surface area contributed by atoms with Gasteiger partial charge in [0.2, 0.25) is 5.79 Å². The van der Waals surface area contributed by atoms with Crippen molar-refractivity contribution in [3.8, 4) is 0 Å². The number of hydrogen-bond acceptors (Lipinski definition) is 6. The number of rotatable bonds is 9. The van der Waals surface area contributed by atoms with Crippen molar-refractivity contribution in [2.24, 2.45) is 0 Å². The SMILES string of the molecule is C[Si](C)(C)OCC1(O)OC[C@H](O[Si](C)(C)C)[C@@H](O[Si](C)(C)C)[C@@H]1O[Si](C)(C)C. The van der Waals surface area contributed by atoms with Gasteiger partial charge in [0.15, 0.2) is 33.3 Å². The van der Waals surface area contributed by atoms with Crippen molar-refractivity contribution in [2.75, 3.05) is 13.2 Å². The third-order valence-electron chi connectivity index (χ3n) is 3.79. The third kappa shape index (κ3) is 9.62. The van der Waals surface area contributed by atoms with Gasteiger partial charge in [-0.1, -0.05) is 0 Å². The average molecular weight is 469 g/mol. The lowest BCUT2D eigenvalue weighted by atomic mass is 9.97. The molecule has 6 nitrogen and oxygen atoms in total. The van der Waals surface area contributed by atoms with Gasteiger partial charge in [-0.15, -0.1) is 0 Å². The van der Waals surface area contributed by atoms with E-state index < -0.39 is 45.2 Å². The van der Waals surface area contributed by atoms with Crippen LogP contribution in [-0.2, 0) is 22.4 Å². The first-order valence-electron chi connectivity index (χ1n) is 10.2. The minimum Gasteiger partial charge on any atom is -0.412 e. The van der Waals surface area contributed by atoms with Gasteiger partial charge < -0.3 is 27.5 Å². The van der Waals surface area contributed by atoms with Gasteiger partial charge in [0.25, 0.3) is 0 Å². The summed E-state index contributed by atoms with van der Waals surface area (Å²) in [6.07, 6.45) is -1.28. The van der Waals surface area contributed by atoms with Gasteiger partial charge in [-0.3, -0.25) is 0 Å². The number of aliphatic hydroxyl groups is 1. The first kappa shape index (κ1) is 26.7. The lowest BCUT2D eigenvalue weighted by Crippen LogP contribution is -2.69. The molecule has 1 saturated heterocycles. The molecule has 1 aliphatic heterocycles. The Hall–Kier alpha value is 0.628. The summed E-state index contributed by atoms with van der Waals surface area (Å²) in [5.41, 5.74) is 0. The predicted octanol–water partition coefficient (Wildman–Crippen LogP) is 4.22. The Labute approximate surface area is 176 Å². The summed E-state index contributed by atoms with van der Waals surface area (Å²) in [7, 11) is -7.62. The molecule has 0 aromatic carbocycles. The van der Waals surface area contributed by atoms with Crippen LogP contribution in [0.4, 0.5) is 0 Å². The minimum absolute atomic E-state index is 0.0864. The summed E-state index contributed by atoms with van der Waals surface area (Å²) >= 11 is 0. The van der Waals surface area contributed by atoms with Crippen molar-refractivity contribution in [2.45, 2.75) is 103 Å². The van der Waals surface area contributed by atoms with E-state index >= 15 is 0 Å². The molecular formula is C18H44O6Si4. The molecule has 1 N–H and O–H groups in total. The lowest BCUT2D eigenvalue weighted by Gasteiger charge is -2.51. The molecule has 0 saturated carbocycles. The summed E-state index contributed by atoms with van der Waals surface area (Å²) in [4.78, 5) is 0. The Bertz CT molecular complexity index is 506. The molecule has 0 aromatic heterocycles. The summed E-state index contributed by atoms with van der Waals surface area (Å²) in [6.45, 7) is 25.9. The summed E-state index contributed by atoms with van der Waals surface area (Å²) < 4.78 is 31.6. The Balaban J connectivity index is 3.29. The van der Waals surface area contributed by atoms with E-state index in [1.165, 1.54) is 0 Å². The highest BCUT2D eigenvalue weighted by Gasteiger charge is 2.55. The van der Waals surface area contributed by atoms with Crippen molar-refractivity contribution in [3.63, 3.8) is 0 Å². The van der Waals surface area contributed by atoms with E-state index in [4.69, 9.17) is 22.4 Å². The van der Waals surface area contributed by atoms with Crippen LogP contribution >= 0.6 is 0 Å². The standard InChI is InChI=1S/C18H44O6Si4/c1-25(2,3)21-14-18(19)17(24-28(10,11)12)16(23-27(7,8)9)15(13-20-18)22-26(4,5)6/h15-17,19H,13-14H2,1-12H3/t15-,16+,17-,18?/m0/s1. The molecule has 0 aromatic rings. The van der Waals surface area contributed by atoms with Crippen LogP contribution in [0.5, 0.6) is 0 Å². The Kier molecular flexibility index (Phi) is 8.58. The number of hydrogen-bond donors (Lipinski definition) is 1. The molecule has 0 spiro atoms. The topological polar surface area (TPSA) is 66.4 Å². The molecule has 0 bridgehead atoms. The van der Waals surface area contributed by atoms with Crippen molar-refractivity contribution in [3.05, 3.63) is 0 Å². The van der Waals surface area contributed by atoms with Crippen LogP contribution in [-0.4, -0.2) is 75.7 Å². The van der Waals surface area contributed by atoms with Gasteiger partial charge in [-0.25, -0.2) is 0 Å². The van der Waals surface area contributed by atoms with E-state index in [0.717, 1.165) is 0 Å². The molecule has 28 heavy (non-hydrogen) atoms. The quantitative estimate of drug-likeness (QED) is 0.511. The molecule has 168 valence electrons. The Morgan fingerprint density at radius 2 is 1.21 bits per heavy atom. The monoisotopic (exact) mass is 468 g/mol. The first-order chi connectivity index (χ1) is 12.2. The van der Waals surface area contributed by atoms with Crippen LogP contribution in [0.2, 0.25) is 78.6 Å². The highest BCUT2D eigenvalue weighted by Crippen LogP contribution is 2.35. The molecular weight excluding hydrogens is 425 g/mol. The normalized spacial score (nSPS) is 30.5. The van der Waals surface area contributed by atoms with E-state index in [1.807, 2.05) is 0 Å². The van der Waals surface area contributed by atoms with Crippen LogP contribution in [0.15, 0.2) is 0 Å². The fourth-order valence-electron chi connectivity index (χ4n) is 2.94. The second-order valence-corrected chi connectivity index (χ2v) is 29.6.